The number of methoxy groups -OCH3 is 1. The first kappa shape index (κ1) is 23.1. The molecule has 0 radical (unpaired) electrons. The van der Waals surface area contributed by atoms with Crippen LogP contribution in [0.25, 0.3) is 0 Å². The number of carbonyl (C=O) groups is 1. The van der Waals surface area contributed by atoms with E-state index in [1.54, 1.807) is 13.3 Å². The van der Waals surface area contributed by atoms with E-state index in [2.05, 4.69) is 19.9 Å². The van der Waals surface area contributed by atoms with Crippen LogP contribution in [0.1, 0.15) is 12.8 Å². The molecule has 0 aliphatic carbocycles. The molecule has 6 N–H and O–H groups in total. The molecule has 3 rings (SSSR count). The average molecular weight is 442 g/mol. The number of nitrogens with two attached hydrogens (primary N) is 3. The van der Waals surface area contributed by atoms with E-state index in [0.29, 0.717) is 31.0 Å². The second kappa shape index (κ2) is 10.2. The Labute approximate surface area is 186 Å². The third-order valence-corrected chi connectivity index (χ3v) is 5.58. The first-order valence-electron chi connectivity index (χ1n) is 10.3. The lowest BCUT2D eigenvalue weighted by Gasteiger charge is -2.39. The zero-order valence-corrected chi connectivity index (χ0v) is 17.9. The van der Waals surface area contributed by atoms with Crippen LogP contribution in [-0.4, -0.2) is 55.2 Å². The Morgan fingerprint density at radius 1 is 1.25 bits per heavy atom. The van der Waals surface area contributed by atoms with Crippen LogP contribution < -0.4 is 26.8 Å². The Morgan fingerprint density at radius 3 is 2.47 bits per heavy atom. The van der Waals surface area contributed by atoms with Gasteiger partial charge in [0.15, 0.2) is 0 Å². The van der Waals surface area contributed by atoms with E-state index in [0.717, 1.165) is 18.8 Å². The smallest absolute Gasteiger partial charge is 0.233 e. The highest BCUT2D eigenvalue weighted by atomic mass is 19.1. The fourth-order valence-corrected chi connectivity index (χ4v) is 3.51. The van der Waals surface area contributed by atoms with E-state index in [-0.39, 0.29) is 5.84 Å². The molecule has 0 saturated carbocycles. The summed E-state index contributed by atoms with van der Waals surface area (Å²) in [6.45, 7) is 1.77. The minimum absolute atomic E-state index is 0.0122. The summed E-state index contributed by atoms with van der Waals surface area (Å²) < 4.78 is 18.2. The van der Waals surface area contributed by atoms with Crippen LogP contribution in [0.15, 0.2) is 52.6 Å². The summed E-state index contributed by atoms with van der Waals surface area (Å²) in [5.41, 5.74) is 18.5. The predicted molar refractivity (Wildman–Crippen MR) is 123 cm³/mol. The number of ether oxygens (including phenoxy) is 1. The number of benzene rings is 1. The SMILES string of the molecule is COc1ccc(N2CCC(CN)(N=CC(C(N)=O)C(N)=Nc3ccc(F)cc3)CC2)cn1. The molecule has 1 atom stereocenters. The van der Waals surface area contributed by atoms with Gasteiger partial charge in [-0.05, 0) is 43.2 Å². The molecule has 9 nitrogen and oxygen atoms in total. The van der Waals surface area contributed by atoms with Crippen molar-refractivity contribution in [1.29, 1.82) is 0 Å². The largest absolute Gasteiger partial charge is 0.481 e. The van der Waals surface area contributed by atoms with Crippen LogP contribution >= 0.6 is 0 Å². The lowest BCUT2D eigenvalue weighted by Crippen LogP contribution is -2.48. The minimum Gasteiger partial charge on any atom is -0.481 e. The number of hydrogen-bond acceptors (Lipinski definition) is 7. The van der Waals surface area contributed by atoms with Crippen LogP contribution in [0.5, 0.6) is 5.88 Å². The van der Waals surface area contributed by atoms with Gasteiger partial charge in [0, 0.05) is 31.9 Å². The van der Waals surface area contributed by atoms with Crippen LogP contribution in [-0.2, 0) is 4.79 Å². The molecule has 170 valence electrons. The number of pyridine rings is 1. The molecule has 2 heterocycles. The minimum atomic E-state index is -0.993. The lowest BCUT2D eigenvalue weighted by molar-refractivity contribution is -0.118. The molecule has 1 aromatic heterocycles. The van der Waals surface area contributed by atoms with Crippen molar-refractivity contribution in [2.75, 3.05) is 31.6 Å². The summed E-state index contributed by atoms with van der Waals surface area (Å²) in [5, 5.41) is 0. The van der Waals surface area contributed by atoms with Crippen LogP contribution in [0.2, 0.25) is 0 Å². The zero-order chi connectivity index (χ0) is 23.1. The zero-order valence-electron chi connectivity index (χ0n) is 17.9. The monoisotopic (exact) mass is 441 g/mol. The lowest BCUT2D eigenvalue weighted by atomic mass is 9.87. The molecular weight excluding hydrogens is 413 g/mol. The van der Waals surface area contributed by atoms with E-state index in [4.69, 9.17) is 21.9 Å². The van der Waals surface area contributed by atoms with Crippen LogP contribution in [0, 0.1) is 11.7 Å². The van der Waals surface area contributed by atoms with E-state index in [1.165, 1.54) is 30.5 Å². The quantitative estimate of drug-likeness (QED) is 0.417. The van der Waals surface area contributed by atoms with Crippen molar-refractivity contribution in [2.45, 2.75) is 18.4 Å². The van der Waals surface area contributed by atoms with Gasteiger partial charge in [-0.15, -0.1) is 0 Å². The van der Waals surface area contributed by atoms with Crippen molar-refractivity contribution in [2.24, 2.45) is 33.1 Å². The number of primary amides is 1. The maximum Gasteiger partial charge on any atom is 0.233 e. The predicted octanol–water partition coefficient (Wildman–Crippen LogP) is 1.39. The average Bonchev–Trinajstić information content (AvgIpc) is 2.81. The van der Waals surface area contributed by atoms with E-state index in [9.17, 15) is 9.18 Å². The van der Waals surface area contributed by atoms with Crippen molar-refractivity contribution >= 4 is 29.3 Å². The normalized spacial score (nSPS) is 17.3. The number of nitrogens with zero attached hydrogens (tertiary/aromatic N) is 4. The second-order valence-corrected chi connectivity index (χ2v) is 7.65. The molecule has 1 unspecified atom stereocenters. The number of rotatable bonds is 8. The molecule has 0 spiro atoms. The first-order valence-corrected chi connectivity index (χ1v) is 10.3. The number of piperidine rings is 1. The van der Waals surface area contributed by atoms with Gasteiger partial charge in [-0.2, -0.15) is 0 Å². The second-order valence-electron chi connectivity index (χ2n) is 7.65. The molecule has 1 aromatic carbocycles. The summed E-state index contributed by atoms with van der Waals surface area (Å²) in [6.07, 6.45) is 4.58. The summed E-state index contributed by atoms with van der Waals surface area (Å²) in [6, 6.07) is 9.22. The van der Waals surface area contributed by atoms with Gasteiger partial charge in [0.25, 0.3) is 0 Å². The molecule has 1 fully saturated rings. The Hall–Kier alpha value is -3.53. The van der Waals surface area contributed by atoms with Crippen molar-refractivity contribution < 1.29 is 13.9 Å². The van der Waals surface area contributed by atoms with E-state index >= 15 is 0 Å². The van der Waals surface area contributed by atoms with Gasteiger partial charge in [0.2, 0.25) is 11.8 Å². The molecule has 1 aliphatic rings. The van der Waals surface area contributed by atoms with Gasteiger partial charge < -0.3 is 26.8 Å². The number of halogens is 1. The molecule has 10 heteroatoms. The van der Waals surface area contributed by atoms with Gasteiger partial charge in [-0.1, -0.05) is 0 Å². The van der Waals surface area contributed by atoms with Crippen molar-refractivity contribution in [1.82, 2.24) is 4.98 Å². The van der Waals surface area contributed by atoms with Gasteiger partial charge in [-0.25, -0.2) is 14.4 Å². The molecular formula is C22H28FN7O2. The summed E-state index contributed by atoms with van der Waals surface area (Å²) in [5.74, 6) is -1.51. The fraction of sp³-hybridized carbons (Fsp3) is 0.364. The number of carbonyl (C=O) groups excluding carboxylic acids is 1. The highest BCUT2D eigenvalue weighted by Crippen LogP contribution is 2.29. The summed E-state index contributed by atoms with van der Waals surface area (Å²) >= 11 is 0. The Bertz CT molecular complexity index is 969. The Balaban J connectivity index is 1.71. The highest BCUT2D eigenvalue weighted by Gasteiger charge is 2.33. The third-order valence-electron chi connectivity index (χ3n) is 5.58. The molecule has 0 bridgehead atoms. The van der Waals surface area contributed by atoms with Crippen LogP contribution in [0.4, 0.5) is 15.8 Å². The Morgan fingerprint density at radius 2 is 1.94 bits per heavy atom. The summed E-state index contributed by atoms with van der Waals surface area (Å²) in [7, 11) is 1.58. The standard InChI is InChI=1S/C22H28FN7O2/c1-32-19-7-6-17(12-27-19)30-10-8-22(14-24,9-11-30)28-13-18(21(26)31)20(25)29-16-4-2-15(23)3-5-16/h2-7,12-13,18H,8-11,14,24H2,1H3,(H2,25,29)(H2,26,31). The molecule has 1 aliphatic heterocycles. The van der Waals surface area contributed by atoms with Gasteiger partial charge >= 0.3 is 0 Å². The molecule has 2 aromatic rings. The number of aliphatic imine (C=N–C) groups is 2. The highest BCUT2D eigenvalue weighted by molar-refractivity contribution is 6.14. The maximum atomic E-state index is 13.1. The van der Waals surface area contributed by atoms with Gasteiger partial charge in [-0.3, -0.25) is 9.79 Å². The number of aromatic nitrogens is 1. The fourth-order valence-electron chi connectivity index (χ4n) is 3.51. The number of amidine groups is 1. The van der Waals surface area contributed by atoms with E-state index in [1.807, 2.05) is 12.1 Å². The maximum absolute atomic E-state index is 13.1. The Kier molecular flexibility index (Phi) is 7.37. The topological polar surface area (TPSA) is 145 Å². The summed E-state index contributed by atoms with van der Waals surface area (Å²) in [4.78, 5) is 27.3. The number of anilines is 1. The number of amides is 1. The third kappa shape index (κ3) is 5.58. The van der Waals surface area contributed by atoms with E-state index < -0.39 is 23.2 Å². The molecule has 32 heavy (non-hydrogen) atoms. The van der Waals surface area contributed by atoms with Gasteiger partial charge in [0.1, 0.15) is 17.6 Å². The van der Waals surface area contributed by atoms with Crippen molar-refractivity contribution in [3.8, 4) is 5.88 Å². The first-order chi connectivity index (χ1) is 15.4. The number of hydrogen-bond donors (Lipinski definition) is 3. The van der Waals surface area contributed by atoms with Gasteiger partial charge in [0.05, 0.1) is 30.2 Å². The molecule has 1 amide bonds. The van der Waals surface area contributed by atoms with Crippen molar-refractivity contribution in [3.05, 3.63) is 48.4 Å². The van der Waals surface area contributed by atoms with Crippen LogP contribution in [0.3, 0.4) is 0 Å². The molecule has 1 saturated heterocycles. The van der Waals surface area contributed by atoms with Crippen molar-refractivity contribution in [3.63, 3.8) is 0 Å².